The quantitative estimate of drug-likeness (QED) is 0.792. The molecular formula is C15H21NO. The van der Waals surface area contributed by atoms with E-state index in [1.54, 1.807) is 0 Å². The lowest BCUT2D eigenvalue weighted by atomic mass is 9.88. The maximum absolute atomic E-state index is 11.2. The number of Topliss-reactive ketones (excluding diaryl/α,β-unsaturated/α-hetero) is 1. The number of carbonyl (C=O) groups is 1. The van der Waals surface area contributed by atoms with Gasteiger partial charge in [-0.3, -0.25) is 4.79 Å². The van der Waals surface area contributed by atoms with Gasteiger partial charge in [0.1, 0.15) is 5.78 Å². The van der Waals surface area contributed by atoms with Gasteiger partial charge in [-0.1, -0.05) is 18.2 Å². The van der Waals surface area contributed by atoms with Gasteiger partial charge in [0.05, 0.1) is 0 Å². The first-order valence-electron chi connectivity index (χ1n) is 6.61. The molecule has 2 rings (SSSR count). The van der Waals surface area contributed by atoms with Crippen LogP contribution in [0.5, 0.6) is 0 Å². The first kappa shape index (κ1) is 12.2. The van der Waals surface area contributed by atoms with Gasteiger partial charge >= 0.3 is 0 Å². The van der Waals surface area contributed by atoms with Gasteiger partial charge in [-0.15, -0.1) is 0 Å². The molecule has 0 unspecified atom stereocenters. The normalized spacial score (nSPS) is 17.1. The Balaban J connectivity index is 1.94. The lowest BCUT2D eigenvalue weighted by molar-refractivity contribution is -0.120. The second-order valence-electron chi connectivity index (χ2n) is 4.86. The molecule has 0 atom stereocenters. The van der Waals surface area contributed by atoms with Crippen LogP contribution in [0.15, 0.2) is 30.3 Å². The van der Waals surface area contributed by atoms with Crippen LogP contribution in [0.2, 0.25) is 0 Å². The zero-order valence-electron chi connectivity index (χ0n) is 10.6. The molecule has 1 aromatic rings. The van der Waals surface area contributed by atoms with Gasteiger partial charge < -0.3 is 4.90 Å². The summed E-state index contributed by atoms with van der Waals surface area (Å²) in [6.07, 6.45) is 3.72. The van der Waals surface area contributed by atoms with E-state index >= 15 is 0 Å². The Labute approximate surface area is 104 Å². The standard InChI is InChI=1S/C15H21NO/c1-2-16(14-6-4-3-5-7-14)12-13-8-10-15(17)11-9-13/h3-7,13H,2,8-12H2,1H3. The molecule has 0 bridgehead atoms. The molecule has 1 fully saturated rings. The largest absolute Gasteiger partial charge is 0.372 e. The number of hydrogen-bond donors (Lipinski definition) is 0. The number of hydrogen-bond acceptors (Lipinski definition) is 2. The summed E-state index contributed by atoms with van der Waals surface area (Å²) in [6, 6.07) is 10.6. The molecule has 0 heterocycles. The van der Waals surface area contributed by atoms with Gasteiger partial charge in [0.2, 0.25) is 0 Å². The number of benzene rings is 1. The molecule has 1 aromatic carbocycles. The molecule has 0 spiro atoms. The van der Waals surface area contributed by atoms with Gasteiger partial charge in [-0.2, -0.15) is 0 Å². The van der Waals surface area contributed by atoms with Crippen LogP contribution in [-0.2, 0) is 4.79 Å². The number of rotatable bonds is 4. The van der Waals surface area contributed by atoms with Gasteiger partial charge in [-0.25, -0.2) is 0 Å². The van der Waals surface area contributed by atoms with Crippen LogP contribution in [-0.4, -0.2) is 18.9 Å². The Morgan fingerprint density at radius 2 is 1.82 bits per heavy atom. The molecule has 2 heteroatoms. The average Bonchev–Trinajstić information content (AvgIpc) is 2.39. The van der Waals surface area contributed by atoms with Crippen molar-refractivity contribution < 1.29 is 4.79 Å². The van der Waals surface area contributed by atoms with Crippen LogP contribution >= 0.6 is 0 Å². The van der Waals surface area contributed by atoms with E-state index < -0.39 is 0 Å². The monoisotopic (exact) mass is 231 g/mol. The summed E-state index contributed by atoms with van der Waals surface area (Å²) in [5.74, 6) is 1.14. The summed E-state index contributed by atoms with van der Waals surface area (Å²) >= 11 is 0. The van der Waals surface area contributed by atoms with Crippen molar-refractivity contribution in [2.24, 2.45) is 5.92 Å². The third-order valence-corrected chi connectivity index (χ3v) is 3.64. The van der Waals surface area contributed by atoms with Crippen LogP contribution in [0.4, 0.5) is 5.69 Å². The minimum atomic E-state index is 0.448. The highest BCUT2D eigenvalue weighted by atomic mass is 16.1. The number of nitrogens with zero attached hydrogens (tertiary/aromatic N) is 1. The summed E-state index contributed by atoms with van der Waals surface area (Å²) in [4.78, 5) is 13.6. The maximum atomic E-state index is 11.2. The molecule has 0 saturated heterocycles. The van der Waals surface area contributed by atoms with Crippen molar-refractivity contribution in [1.82, 2.24) is 0 Å². The summed E-state index contributed by atoms with van der Waals surface area (Å²) in [7, 11) is 0. The van der Waals surface area contributed by atoms with Crippen molar-refractivity contribution >= 4 is 11.5 Å². The van der Waals surface area contributed by atoms with E-state index in [1.807, 2.05) is 0 Å². The van der Waals surface area contributed by atoms with Crippen LogP contribution in [0.3, 0.4) is 0 Å². The lowest BCUT2D eigenvalue weighted by Gasteiger charge is -2.30. The number of carbonyl (C=O) groups excluding carboxylic acids is 1. The highest BCUT2D eigenvalue weighted by molar-refractivity contribution is 5.79. The molecular weight excluding hydrogens is 210 g/mol. The molecule has 92 valence electrons. The highest BCUT2D eigenvalue weighted by Crippen LogP contribution is 2.24. The van der Waals surface area contributed by atoms with Crippen molar-refractivity contribution in [3.8, 4) is 0 Å². The van der Waals surface area contributed by atoms with Crippen molar-refractivity contribution in [3.05, 3.63) is 30.3 Å². The predicted molar refractivity (Wildman–Crippen MR) is 71.3 cm³/mol. The van der Waals surface area contributed by atoms with Crippen LogP contribution in [0, 0.1) is 5.92 Å². The van der Waals surface area contributed by atoms with E-state index in [2.05, 4.69) is 42.2 Å². The zero-order valence-corrected chi connectivity index (χ0v) is 10.6. The first-order valence-corrected chi connectivity index (χ1v) is 6.61. The van der Waals surface area contributed by atoms with E-state index in [-0.39, 0.29) is 0 Å². The number of anilines is 1. The minimum Gasteiger partial charge on any atom is -0.372 e. The molecule has 1 aliphatic rings. The van der Waals surface area contributed by atoms with Gasteiger partial charge in [0.15, 0.2) is 0 Å². The van der Waals surface area contributed by atoms with E-state index in [0.717, 1.165) is 38.8 Å². The summed E-state index contributed by atoms with van der Waals surface area (Å²) < 4.78 is 0. The smallest absolute Gasteiger partial charge is 0.132 e. The van der Waals surface area contributed by atoms with Crippen LogP contribution in [0.25, 0.3) is 0 Å². The van der Waals surface area contributed by atoms with Gasteiger partial charge in [0.25, 0.3) is 0 Å². The molecule has 0 aromatic heterocycles. The van der Waals surface area contributed by atoms with E-state index in [9.17, 15) is 4.79 Å². The average molecular weight is 231 g/mol. The highest BCUT2D eigenvalue weighted by Gasteiger charge is 2.20. The second kappa shape index (κ2) is 5.85. The SMILES string of the molecule is CCN(CC1CCC(=O)CC1)c1ccccc1. The Hall–Kier alpha value is -1.31. The Kier molecular flexibility index (Phi) is 4.18. The van der Waals surface area contributed by atoms with Crippen molar-refractivity contribution in [1.29, 1.82) is 0 Å². The van der Waals surface area contributed by atoms with E-state index in [4.69, 9.17) is 0 Å². The fourth-order valence-corrected chi connectivity index (χ4v) is 2.55. The topological polar surface area (TPSA) is 20.3 Å². The lowest BCUT2D eigenvalue weighted by Crippen LogP contribution is -2.31. The molecule has 1 aliphatic carbocycles. The molecule has 2 nitrogen and oxygen atoms in total. The summed E-state index contributed by atoms with van der Waals surface area (Å²) in [6.45, 7) is 4.32. The molecule has 17 heavy (non-hydrogen) atoms. The van der Waals surface area contributed by atoms with E-state index in [1.165, 1.54) is 5.69 Å². The number of para-hydroxylation sites is 1. The Morgan fingerprint density at radius 1 is 1.18 bits per heavy atom. The molecule has 0 N–H and O–H groups in total. The second-order valence-corrected chi connectivity index (χ2v) is 4.86. The fourth-order valence-electron chi connectivity index (χ4n) is 2.55. The predicted octanol–water partition coefficient (Wildman–Crippen LogP) is 3.27. The molecule has 0 amide bonds. The summed E-state index contributed by atoms with van der Waals surface area (Å²) in [5.41, 5.74) is 1.30. The zero-order chi connectivity index (χ0) is 12.1. The summed E-state index contributed by atoms with van der Waals surface area (Å²) in [5, 5.41) is 0. The molecule has 1 saturated carbocycles. The van der Waals surface area contributed by atoms with Crippen molar-refractivity contribution in [3.63, 3.8) is 0 Å². The maximum Gasteiger partial charge on any atom is 0.132 e. The third kappa shape index (κ3) is 3.32. The van der Waals surface area contributed by atoms with Gasteiger partial charge in [-0.05, 0) is 37.8 Å². The number of ketones is 1. The molecule has 0 aliphatic heterocycles. The minimum absolute atomic E-state index is 0.448. The Bertz CT molecular complexity index is 350. The van der Waals surface area contributed by atoms with E-state index in [0.29, 0.717) is 11.7 Å². The van der Waals surface area contributed by atoms with Crippen LogP contribution < -0.4 is 4.90 Å². The van der Waals surface area contributed by atoms with Gasteiger partial charge in [0, 0.05) is 31.6 Å². The van der Waals surface area contributed by atoms with Crippen molar-refractivity contribution in [2.75, 3.05) is 18.0 Å². The first-order chi connectivity index (χ1) is 8.29. The fraction of sp³-hybridized carbons (Fsp3) is 0.533. The van der Waals surface area contributed by atoms with Crippen LogP contribution in [0.1, 0.15) is 32.6 Å². The third-order valence-electron chi connectivity index (χ3n) is 3.64. The molecule has 0 radical (unpaired) electrons. The van der Waals surface area contributed by atoms with Crippen molar-refractivity contribution in [2.45, 2.75) is 32.6 Å². The Morgan fingerprint density at radius 3 is 2.41 bits per heavy atom.